The molecule has 0 aliphatic heterocycles. The van der Waals surface area contributed by atoms with Gasteiger partial charge < -0.3 is 15.4 Å². The van der Waals surface area contributed by atoms with Crippen molar-refractivity contribution in [3.05, 3.63) is 23.4 Å². The number of aryl methyl sites for hydroxylation is 1. The molecule has 100 valence electrons. The Morgan fingerprint density at radius 1 is 1.50 bits per heavy atom. The standard InChI is InChI=1S/C13H21N3O2/c1-5-11-6-10(7-12(14-3)16-11)13(17)15-8-9(2)18-4/h6-7,9H,5,8H2,1-4H3,(H,14,16)(H,15,17). The van der Waals surface area contributed by atoms with Gasteiger partial charge in [-0.1, -0.05) is 6.92 Å². The van der Waals surface area contributed by atoms with Crippen molar-refractivity contribution in [2.24, 2.45) is 0 Å². The summed E-state index contributed by atoms with van der Waals surface area (Å²) in [4.78, 5) is 16.3. The topological polar surface area (TPSA) is 63.2 Å². The second-order valence-corrected chi connectivity index (χ2v) is 4.09. The van der Waals surface area contributed by atoms with Crippen LogP contribution >= 0.6 is 0 Å². The molecule has 1 heterocycles. The third kappa shape index (κ3) is 4.00. The highest BCUT2D eigenvalue weighted by molar-refractivity contribution is 5.95. The Morgan fingerprint density at radius 2 is 2.22 bits per heavy atom. The lowest BCUT2D eigenvalue weighted by atomic mass is 10.2. The first kappa shape index (κ1) is 14.4. The fourth-order valence-corrected chi connectivity index (χ4v) is 1.45. The van der Waals surface area contributed by atoms with Gasteiger partial charge in [-0.15, -0.1) is 0 Å². The average molecular weight is 251 g/mol. The number of hydrogen-bond acceptors (Lipinski definition) is 4. The van der Waals surface area contributed by atoms with Crippen molar-refractivity contribution in [3.63, 3.8) is 0 Å². The summed E-state index contributed by atoms with van der Waals surface area (Å²) in [5.74, 6) is 0.604. The van der Waals surface area contributed by atoms with E-state index in [-0.39, 0.29) is 12.0 Å². The highest BCUT2D eigenvalue weighted by Crippen LogP contribution is 2.10. The number of carbonyl (C=O) groups excluding carboxylic acids is 1. The second-order valence-electron chi connectivity index (χ2n) is 4.09. The van der Waals surface area contributed by atoms with Crippen molar-refractivity contribution in [3.8, 4) is 0 Å². The smallest absolute Gasteiger partial charge is 0.251 e. The minimum absolute atomic E-state index is 0.00482. The van der Waals surface area contributed by atoms with Crippen LogP contribution in [0.5, 0.6) is 0 Å². The number of aromatic nitrogens is 1. The molecule has 2 N–H and O–H groups in total. The molecule has 1 aromatic rings. The van der Waals surface area contributed by atoms with E-state index in [1.165, 1.54) is 0 Å². The molecule has 0 bridgehead atoms. The Kier molecular flexibility index (Phi) is 5.58. The van der Waals surface area contributed by atoms with Crippen molar-refractivity contribution < 1.29 is 9.53 Å². The van der Waals surface area contributed by atoms with Gasteiger partial charge >= 0.3 is 0 Å². The molecule has 0 saturated heterocycles. The number of hydrogen-bond donors (Lipinski definition) is 2. The first-order valence-corrected chi connectivity index (χ1v) is 6.10. The molecule has 0 fully saturated rings. The lowest BCUT2D eigenvalue weighted by Crippen LogP contribution is -2.31. The molecule has 1 rings (SSSR count). The van der Waals surface area contributed by atoms with Gasteiger partial charge in [0.15, 0.2) is 0 Å². The van der Waals surface area contributed by atoms with Gasteiger partial charge in [0.1, 0.15) is 5.82 Å². The van der Waals surface area contributed by atoms with E-state index in [9.17, 15) is 4.79 Å². The predicted molar refractivity (Wildman–Crippen MR) is 72.0 cm³/mol. The van der Waals surface area contributed by atoms with Gasteiger partial charge in [-0.05, 0) is 25.5 Å². The Hall–Kier alpha value is -1.62. The molecule has 0 aliphatic rings. The van der Waals surface area contributed by atoms with Gasteiger partial charge in [0.05, 0.1) is 6.10 Å². The maximum atomic E-state index is 12.0. The van der Waals surface area contributed by atoms with Crippen LogP contribution in [0, 0.1) is 0 Å². The molecule has 1 unspecified atom stereocenters. The SMILES string of the molecule is CCc1cc(C(=O)NCC(C)OC)cc(NC)n1. The van der Waals surface area contributed by atoms with E-state index in [0.717, 1.165) is 12.1 Å². The normalized spacial score (nSPS) is 12.0. The monoisotopic (exact) mass is 251 g/mol. The Balaban J connectivity index is 2.78. The molecule has 0 saturated carbocycles. The number of nitrogens with zero attached hydrogens (tertiary/aromatic N) is 1. The molecule has 0 radical (unpaired) electrons. The zero-order valence-electron chi connectivity index (χ0n) is 11.4. The third-order valence-corrected chi connectivity index (χ3v) is 2.71. The van der Waals surface area contributed by atoms with Crippen LogP contribution in [-0.4, -0.2) is 37.7 Å². The second kappa shape index (κ2) is 6.96. The van der Waals surface area contributed by atoms with Crippen molar-refractivity contribution >= 4 is 11.7 Å². The lowest BCUT2D eigenvalue weighted by molar-refractivity contribution is 0.0870. The summed E-state index contributed by atoms with van der Waals surface area (Å²) < 4.78 is 5.09. The lowest BCUT2D eigenvalue weighted by Gasteiger charge is -2.12. The maximum absolute atomic E-state index is 12.0. The number of amides is 1. The van der Waals surface area contributed by atoms with Crippen molar-refractivity contribution in [2.75, 3.05) is 26.0 Å². The van der Waals surface area contributed by atoms with Crippen molar-refractivity contribution in [1.29, 1.82) is 0 Å². The summed E-state index contributed by atoms with van der Waals surface area (Å²) in [7, 11) is 3.41. The molecule has 5 nitrogen and oxygen atoms in total. The highest BCUT2D eigenvalue weighted by atomic mass is 16.5. The number of carbonyl (C=O) groups is 1. The van der Waals surface area contributed by atoms with E-state index in [2.05, 4.69) is 15.6 Å². The summed E-state index contributed by atoms with van der Waals surface area (Å²) >= 11 is 0. The molecule has 5 heteroatoms. The van der Waals surface area contributed by atoms with E-state index in [0.29, 0.717) is 17.9 Å². The minimum atomic E-state index is -0.104. The summed E-state index contributed by atoms with van der Waals surface area (Å²) in [6.07, 6.45) is 0.801. The molecule has 1 atom stereocenters. The van der Waals surface area contributed by atoms with Crippen LogP contribution in [0.15, 0.2) is 12.1 Å². The van der Waals surface area contributed by atoms with Gasteiger partial charge in [0, 0.05) is 32.0 Å². The number of anilines is 1. The Labute approximate surface area is 108 Å². The van der Waals surface area contributed by atoms with E-state index in [1.807, 2.05) is 19.9 Å². The van der Waals surface area contributed by atoms with E-state index >= 15 is 0 Å². The first-order valence-electron chi connectivity index (χ1n) is 6.10. The van der Waals surface area contributed by atoms with Crippen LogP contribution in [-0.2, 0) is 11.2 Å². The van der Waals surface area contributed by atoms with Crippen molar-refractivity contribution in [1.82, 2.24) is 10.3 Å². The van der Waals surface area contributed by atoms with E-state index in [4.69, 9.17) is 4.74 Å². The van der Waals surface area contributed by atoms with Crippen LogP contribution in [0.1, 0.15) is 29.9 Å². The zero-order chi connectivity index (χ0) is 13.5. The average Bonchev–Trinajstić information content (AvgIpc) is 2.43. The molecular formula is C13H21N3O2. The van der Waals surface area contributed by atoms with Gasteiger partial charge in [-0.25, -0.2) is 4.98 Å². The number of methoxy groups -OCH3 is 1. The molecule has 0 spiro atoms. The number of rotatable bonds is 6. The Bertz CT molecular complexity index is 385. The summed E-state index contributed by atoms with van der Waals surface area (Å²) in [6, 6.07) is 3.56. The summed E-state index contributed by atoms with van der Waals surface area (Å²) in [5.41, 5.74) is 1.52. The summed E-state index contributed by atoms with van der Waals surface area (Å²) in [5, 5.41) is 5.79. The molecule has 1 amide bonds. The Morgan fingerprint density at radius 3 is 2.78 bits per heavy atom. The van der Waals surface area contributed by atoms with Crippen LogP contribution in [0.4, 0.5) is 5.82 Å². The number of nitrogens with one attached hydrogen (secondary N) is 2. The number of pyridine rings is 1. The molecule has 0 aromatic carbocycles. The van der Waals surface area contributed by atoms with Gasteiger partial charge in [0.2, 0.25) is 0 Å². The van der Waals surface area contributed by atoms with Gasteiger partial charge in [-0.3, -0.25) is 4.79 Å². The van der Waals surface area contributed by atoms with Crippen LogP contribution < -0.4 is 10.6 Å². The first-order chi connectivity index (χ1) is 8.60. The summed E-state index contributed by atoms with van der Waals surface area (Å²) in [6.45, 7) is 4.41. The molecule has 0 aliphatic carbocycles. The fraction of sp³-hybridized carbons (Fsp3) is 0.538. The quantitative estimate of drug-likeness (QED) is 0.803. The van der Waals surface area contributed by atoms with Gasteiger partial charge in [-0.2, -0.15) is 0 Å². The molecule has 18 heavy (non-hydrogen) atoms. The van der Waals surface area contributed by atoms with E-state index < -0.39 is 0 Å². The van der Waals surface area contributed by atoms with Crippen LogP contribution in [0.25, 0.3) is 0 Å². The minimum Gasteiger partial charge on any atom is -0.380 e. The van der Waals surface area contributed by atoms with Crippen LogP contribution in [0.2, 0.25) is 0 Å². The van der Waals surface area contributed by atoms with Gasteiger partial charge in [0.25, 0.3) is 5.91 Å². The predicted octanol–water partition coefficient (Wildman–Crippen LogP) is 1.45. The van der Waals surface area contributed by atoms with E-state index in [1.54, 1.807) is 20.2 Å². The van der Waals surface area contributed by atoms with Crippen LogP contribution in [0.3, 0.4) is 0 Å². The third-order valence-electron chi connectivity index (χ3n) is 2.71. The highest BCUT2D eigenvalue weighted by Gasteiger charge is 2.10. The number of ether oxygens (including phenoxy) is 1. The molecular weight excluding hydrogens is 230 g/mol. The molecule has 1 aromatic heterocycles. The largest absolute Gasteiger partial charge is 0.380 e. The van der Waals surface area contributed by atoms with Crippen molar-refractivity contribution in [2.45, 2.75) is 26.4 Å². The fourth-order valence-electron chi connectivity index (χ4n) is 1.45. The zero-order valence-corrected chi connectivity index (χ0v) is 11.4. The maximum Gasteiger partial charge on any atom is 0.251 e.